The summed E-state index contributed by atoms with van der Waals surface area (Å²) in [6, 6.07) is 0. The molecule has 1 aromatic heterocycles. The fourth-order valence-corrected chi connectivity index (χ4v) is 5.46. The first-order chi connectivity index (χ1) is 8.96. The molecule has 19 heavy (non-hydrogen) atoms. The van der Waals surface area contributed by atoms with Crippen LogP contribution in [0, 0.1) is 6.92 Å². The van der Waals surface area contributed by atoms with Crippen molar-refractivity contribution < 1.29 is 13.2 Å². The molecule has 0 spiro atoms. The van der Waals surface area contributed by atoms with Crippen molar-refractivity contribution in [2.45, 2.75) is 36.6 Å². The molecule has 0 bridgehead atoms. The third-order valence-corrected chi connectivity index (χ3v) is 6.98. The number of likely N-dealkylation sites (N-methyl/N-ethyl adjacent to an activating group) is 1. The molecule has 0 radical (unpaired) electrons. The van der Waals surface area contributed by atoms with Crippen LogP contribution in [0.5, 0.6) is 0 Å². The maximum atomic E-state index is 12.6. The van der Waals surface area contributed by atoms with Gasteiger partial charge in [0.2, 0.25) is 10.0 Å². The Labute approximate surface area is 123 Å². The van der Waals surface area contributed by atoms with E-state index in [1.54, 1.807) is 14.0 Å². The largest absolute Gasteiger partial charge is 0.377 e. The first-order valence-electron chi connectivity index (χ1n) is 6.17. The van der Waals surface area contributed by atoms with Gasteiger partial charge in [0.05, 0.1) is 12.0 Å². The maximum Gasteiger partial charge on any atom is 0.244 e. The van der Waals surface area contributed by atoms with Crippen LogP contribution in [0.4, 0.5) is 0 Å². The van der Waals surface area contributed by atoms with Crippen LogP contribution in [-0.4, -0.2) is 39.0 Å². The van der Waals surface area contributed by atoms with Gasteiger partial charge in [-0.15, -0.1) is 22.9 Å². The van der Waals surface area contributed by atoms with Gasteiger partial charge in [-0.3, -0.25) is 0 Å². The van der Waals surface area contributed by atoms with E-state index in [4.69, 9.17) is 16.3 Å². The van der Waals surface area contributed by atoms with Gasteiger partial charge in [-0.05, 0) is 30.7 Å². The van der Waals surface area contributed by atoms with Gasteiger partial charge in [-0.1, -0.05) is 0 Å². The second-order valence-corrected chi connectivity index (χ2v) is 7.94. The number of sulfonamides is 1. The van der Waals surface area contributed by atoms with E-state index in [1.807, 2.05) is 5.38 Å². The fraction of sp³-hybridized carbons (Fsp3) is 0.667. The summed E-state index contributed by atoms with van der Waals surface area (Å²) in [5.41, 5.74) is 0.764. The molecule has 1 aliphatic heterocycles. The van der Waals surface area contributed by atoms with Gasteiger partial charge in [-0.2, -0.15) is 4.31 Å². The molecule has 1 aromatic rings. The van der Waals surface area contributed by atoms with Gasteiger partial charge in [-0.25, -0.2) is 8.42 Å². The summed E-state index contributed by atoms with van der Waals surface area (Å²) < 4.78 is 32.1. The van der Waals surface area contributed by atoms with Gasteiger partial charge < -0.3 is 4.74 Å². The van der Waals surface area contributed by atoms with E-state index in [0.717, 1.165) is 25.0 Å². The molecule has 0 aromatic carbocycles. The molecule has 1 atom stereocenters. The number of nitrogens with zero attached hydrogens (tertiary/aromatic N) is 1. The van der Waals surface area contributed by atoms with Crippen LogP contribution in [-0.2, 0) is 20.6 Å². The van der Waals surface area contributed by atoms with Crippen molar-refractivity contribution in [3.05, 3.63) is 15.8 Å². The average molecular weight is 324 g/mol. The SMILES string of the molecule is Cc1csc(CCl)c1S(=O)(=O)N(C)CC1CCCO1. The van der Waals surface area contributed by atoms with Crippen molar-refractivity contribution in [1.82, 2.24) is 4.31 Å². The average Bonchev–Trinajstić information content (AvgIpc) is 2.98. The number of hydrogen-bond donors (Lipinski definition) is 0. The van der Waals surface area contributed by atoms with Crippen LogP contribution in [0.3, 0.4) is 0 Å². The number of ether oxygens (including phenoxy) is 1. The molecule has 2 rings (SSSR count). The summed E-state index contributed by atoms with van der Waals surface area (Å²) in [6.45, 7) is 2.93. The number of halogens is 1. The van der Waals surface area contributed by atoms with Crippen LogP contribution in [0.25, 0.3) is 0 Å². The molecular formula is C12H18ClNO3S2. The Morgan fingerprint density at radius 1 is 1.58 bits per heavy atom. The highest BCUT2D eigenvalue weighted by molar-refractivity contribution is 7.89. The summed E-state index contributed by atoms with van der Waals surface area (Å²) in [7, 11) is -1.87. The van der Waals surface area contributed by atoms with Crippen LogP contribution in [0.2, 0.25) is 0 Å². The summed E-state index contributed by atoms with van der Waals surface area (Å²) >= 11 is 7.22. The lowest BCUT2D eigenvalue weighted by atomic mass is 10.2. The van der Waals surface area contributed by atoms with E-state index in [9.17, 15) is 8.42 Å². The Balaban J connectivity index is 2.22. The number of aryl methyl sites for hydroxylation is 1. The van der Waals surface area contributed by atoms with E-state index in [-0.39, 0.29) is 12.0 Å². The molecule has 0 saturated carbocycles. The van der Waals surface area contributed by atoms with Crippen LogP contribution in [0.1, 0.15) is 23.3 Å². The number of thiophene rings is 1. The van der Waals surface area contributed by atoms with E-state index < -0.39 is 10.0 Å². The van der Waals surface area contributed by atoms with Crippen LogP contribution in [0.15, 0.2) is 10.3 Å². The minimum Gasteiger partial charge on any atom is -0.377 e. The molecule has 1 unspecified atom stereocenters. The summed E-state index contributed by atoms with van der Waals surface area (Å²) in [4.78, 5) is 1.08. The van der Waals surface area contributed by atoms with Crippen molar-refractivity contribution in [1.29, 1.82) is 0 Å². The minimum atomic E-state index is -3.48. The molecular weight excluding hydrogens is 306 g/mol. The van der Waals surface area contributed by atoms with E-state index in [1.165, 1.54) is 15.6 Å². The smallest absolute Gasteiger partial charge is 0.244 e. The van der Waals surface area contributed by atoms with Gasteiger partial charge in [0.1, 0.15) is 4.90 Å². The van der Waals surface area contributed by atoms with E-state index >= 15 is 0 Å². The predicted octanol–water partition coefficient (Wildman–Crippen LogP) is 2.59. The number of rotatable bonds is 5. The number of alkyl halides is 1. The van der Waals surface area contributed by atoms with Crippen molar-refractivity contribution in [3.63, 3.8) is 0 Å². The van der Waals surface area contributed by atoms with Crippen LogP contribution >= 0.6 is 22.9 Å². The second-order valence-electron chi connectivity index (χ2n) is 4.73. The lowest BCUT2D eigenvalue weighted by molar-refractivity contribution is 0.0979. The summed E-state index contributed by atoms with van der Waals surface area (Å²) in [6.07, 6.45) is 1.94. The monoisotopic (exact) mass is 323 g/mol. The molecule has 1 saturated heterocycles. The summed E-state index contributed by atoms with van der Waals surface area (Å²) in [5.74, 6) is 0.223. The quantitative estimate of drug-likeness (QED) is 0.782. The van der Waals surface area contributed by atoms with E-state index in [0.29, 0.717) is 16.3 Å². The third-order valence-electron chi connectivity index (χ3n) is 3.26. The van der Waals surface area contributed by atoms with Crippen molar-refractivity contribution >= 4 is 33.0 Å². The molecule has 4 nitrogen and oxygen atoms in total. The molecule has 0 amide bonds. The topological polar surface area (TPSA) is 46.6 Å². The molecule has 0 aliphatic carbocycles. The molecule has 0 N–H and O–H groups in total. The highest BCUT2D eigenvalue weighted by atomic mass is 35.5. The normalized spacial score (nSPS) is 20.3. The van der Waals surface area contributed by atoms with Gasteiger partial charge in [0.25, 0.3) is 0 Å². The lowest BCUT2D eigenvalue weighted by Gasteiger charge is -2.21. The molecule has 108 valence electrons. The zero-order valence-electron chi connectivity index (χ0n) is 11.1. The third kappa shape index (κ3) is 3.13. The maximum absolute atomic E-state index is 12.6. The highest BCUT2D eigenvalue weighted by Crippen LogP contribution is 2.30. The van der Waals surface area contributed by atoms with Gasteiger partial charge >= 0.3 is 0 Å². The van der Waals surface area contributed by atoms with E-state index in [2.05, 4.69) is 0 Å². The fourth-order valence-electron chi connectivity index (χ4n) is 2.26. The molecule has 1 aliphatic rings. The zero-order valence-corrected chi connectivity index (χ0v) is 13.4. The second kappa shape index (κ2) is 6.10. The Hall–Kier alpha value is -0.140. The minimum absolute atomic E-state index is 0.0122. The van der Waals surface area contributed by atoms with Crippen molar-refractivity contribution in [2.24, 2.45) is 0 Å². The molecule has 7 heteroatoms. The van der Waals surface area contributed by atoms with Crippen molar-refractivity contribution in [2.75, 3.05) is 20.2 Å². The Kier molecular flexibility index (Phi) is 4.89. The standard InChI is InChI=1S/C12H18ClNO3S2/c1-9-8-18-11(6-13)12(9)19(15,16)14(2)7-10-4-3-5-17-10/h8,10H,3-7H2,1-2H3. The number of hydrogen-bond acceptors (Lipinski definition) is 4. The lowest BCUT2D eigenvalue weighted by Crippen LogP contribution is -2.34. The van der Waals surface area contributed by atoms with Crippen molar-refractivity contribution in [3.8, 4) is 0 Å². The Morgan fingerprint density at radius 3 is 2.89 bits per heavy atom. The Bertz CT molecular complexity index is 535. The highest BCUT2D eigenvalue weighted by Gasteiger charge is 2.29. The predicted molar refractivity (Wildman–Crippen MR) is 77.4 cm³/mol. The zero-order chi connectivity index (χ0) is 14.0. The van der Waals surface area contributed by atoms with Crippen LogP contribution < -0.4 is 0 Å². The van der Waals surface area contributed by atoms with Gasteiger partial charge in [0.15, 0.2) is 0 Å². The summed E-state index contributed by atoms with van der Waals surface area (Å²) in [5, 5.41) is 1.84. The van der Waals surface area contributed by atoms with Gasteiger partial charge in [0, 0.05) is 25.1 Å². The molecule has 1 fully saturated rings. The Morgan fingerprint density at radius 2 is 2.32 bits per heavy atom. The molecule has 2 heterocycles. The first kappa shape index (κ1) is 15.3. The first-order valence-corrected chi connectivity index (χ1v) is 9.03.